The van der Waals surface area contributed by atoms with Crippen LogP contribution in [0.15, 0.2) is 39.6 Å². The number of alkyl halides is 1. The average molecular weight is 531 g/mol. The Hall–Kier alpha value is -1.57. The van der Waals surface area contributed by atoms with Gasteiger partial charge in [0, 0.05) is 38.4 Å². The molecular weight excluding hydrogens is 513 g/mol. The van der Waals surface area contributed by atoms with Crippen molar-refractivity contribution in [1.29, 1.82) is 0 Å². The first-order valence-corrected chi connectivity index (χ1v) is 12.2. The van der Waals surface area contributed by atoms with E-state index in [0.29, 0.717) is 14.8 Å². The van der Waals surface area contributed by atoms with Crippen LogP contribution >= 0.6 is 33.9 Å². The van der Waals surface area contributed by atoms with E-state index >= 15 is 0 Å². The molecule has 4 rings (SSSR count). The first-order valence-electron chi connectivity index (χ1n) is 8.60. The maximum atomic E-state index is 13.0. The van der Waals surface area contributed by atoms with E-state index in [1.54, 1.807) is 28.3 Å². The predicted molar refractivity (Wildman–Crippen MR) is 118 cm³/mol. The second-order valence-corrected chi connectivity index (χ2v) is 11.0. The molecule has 0 amide bonds. The topological polar surface area (TPSA) is 88.4 Å². The molecule has 11 heteroatoms. The van der Waals surface area contributed by atoms with Crippen molar-refractivity contribution in [2.75, 3.05) is 25.5 Å². The van der Waals surface area contributed by atoms with E-state index in [1.807, 2.05) is 0 Å². The Morgan fingerprint density at radius 2 is 2.11 bits per heavy atom. The number of halogens is 1. The summed E-state index contributed by atoms with van der Waals surface area (Å²) in [4.78, 5) is 23.9. The Morgan fingerprint density at radius 3 is 2.71 bits per heavy atom. The van der Waals surface area contributed by atoms with Gasteiger partial charge in [-0.25, -0.2) is 22.7 Å². The first-order chi connectivity index (χ1) is 13.3. The molecule has 28 heavy (non-hydrogen) atoms. The summed E-state index contributed by atoms with van der Waals surface area (Å²) in [7, 11) is -1.10. The van der Waals surface area contributed by atoms with Crippen molar-refractivity contribution in [3.63, 3.8) is 0 Å². The van der Waals surface area contributed by atoms with Crippen LogP contribution in [0.3, 0.4) is 0 Å². The lowest BCUT2D eigenvalue weighted by Crippen LogP contribution is -2.29. The Labute approximate surface area is 180 Å². The summed E-state index contributed by atoms with van der Waals surface area (Å²) in [5.41, 5.74) is -0.145. The van der Waals surface area contributed by atoms with E-state index in [4.69, 9.17) is 4.98 Å². The molecular formula is C17H18IN5O3S2. The molecule has 1 atom stereocenters. The lowest BCUT2D eigenvalue weighted by Gasteiger charge is -2.22. The van der Waals surface area contributed by atoms with Crippen molar-refractivity contribution in [2.45, 2.75) is 21.8 Å². The van der Waals surface area contributed by atoms with Crippen LogP contribution in [0.2, 0.25) is 0 Å². The molecule has 0 aromatic carbocycles. The first kappa shape index (κ1) is 19.7. The van der Waals surface area contributed by atoms with Gasteiger partial charge in [0.1, 0.15) is 10.7 Å². The lowest BCUT2D eigenvalue weighted by molar-refractivity contribution is 0.519. The van der Waals surface area contributed by atoms with Gasteiger partial charge in [0.25, 0.3) is 0 Å². The maximum absolute atomic E-state index is 13.0. The third-order valence-corrected chi connectivity index (χ3v) is 8.54. The molecule has 0 N–H and O–H groups in total. The van der Waals surface area contributed by atoms with Crippen molar-refractivity contribution in [1.82, 2.24) is 18.8 Å². The highest BCUT2D eigenvalue weighted by Crippen LogP contribution is 2.30. The van der Waals surface area contributed by atoms with Crippen LogP contribution in [0.1, 0.15) is 12.8 Å². The van der Waals surface area contributed by atoms with Crippen LogP contribution in [0.4, 0.5) is 5.82 Å². The van der Waals surface area contributed by atoms with Gasteiger partial charge in [-0.15, -0.1) is 11.3 Å². The molecule has 148 valence electrons. The summed E-state index contributed by atoms with van der Waals surface area (Å²) in [6.07, 6.45) is 5.14. The average Bonchev–Trinajstić information content (AvgIpc) is 3.33. The third-order valence-electron chi connectivity index (χ3n) is 4.66. The number of hydrogen-bond acceptors (Lipinski definition) is 7. The van der Waals surface area contributed by atoms with Crippen molar-refractivity contribution in [3.05, 3.63) is 40.1 Å². The minimum Gasteiger partial charge on any atom is -0.345 e. The number of thiazole rings is 1. The molecule has 3 aromatic heterocycles. The molecule has 1 aliphatic rings. The molecule has 0 bridgehead atoms. The number of nitrogens with zero attached hydrogens (tertiary/aromatic N) is 5. The zero-order valence-electron chi connectivity index (χ0n) is 15.2. The Kier molecular flexibility index (Phi) is 5.18. The maximum Gasteiger partial charge on any atom is 0.247 e. The molecule has 0 saturated carbocycles. The normalized spacial score (nSPS) is 17.7. The Balaban J connectivity index is 2.03. The van der Waals surface area contributed by atoms with Crippen LogP contribution in [-0.4, -0.2) is 51.9 Å². The number of hydrogen-bond donors (Lipinski definition) is 0. The summed E-state index contributed by atoms with van der Waals surface area (Å²) in [6, 6.07) is 3.46. The molecule has 1 saturated heterocycles. The molecule has 1 fully saturated rings. The van der Waals surface area contributed by atoms with Gasteiger partial charge in [0.2, 0.25) is 15.5 Å². The van der Waals surface area contributed by atoms with E-state index in [-0.39, 0.29) is 10.3 Å². The van der Waals surface area contributed by atoms with E-state index in [0.717, 1.165) is 29.5 Å². The van der Waals surface area contributed by atoms with Gasteiger partial charge in [-0.3, -0.25) is 9.36 Å². The van der Waals surface area contributed by atoms with Crippen LogP contribution in [0.5, 0.6) is 0 Å². The fourth-order valence-electron chi connectivity index (χ4n) is 3.17. The molecule has 3 aromatic rings. The van der Waals surface area contributed by atoms with Gasteiger partial charge >= 0.3 is 0 Å². The monoisotopic (exact) mass is 531 g/mol. The smallest absolute Gasteiger partial charge is 0.247 e. The zero-order valence-corrected chi connectivity index (χ0v) is 19.0. The molecule has 8 nitrogen and oxygen atoms in total. The highest BCUT2D eigenvalue weighted by atomic mass is 127. The van der Waals surface area contributed by atoms with E-state index in [2.05, 4.69) is 32.5 Å². The Bertz CT molecular complexity index is 1190. The minimum absolute atomic E-state index is 0.256. The van der Waals surface area contributed by atoms with Gasteiger partial charge in [-0.1, -0.05) is 22.6 Å². The summed E-state index contributed by atoms with van der Waals surface area (Å²) < 4.78 is 28.4. The van der Waals surface area contributed by atoms with Gasteiger partial charge in [-0.2, -0.15) is 0 Å². The van der Waals surface area contributed by atoms with E-state index < -0.39 is 15.5 Å². The number of aromatic nitrogens is 3. The van der Waals surface area contributed by atoms with Crippen molar-refractivity contribution in [2.24, 2.45) is 0 Å². The Morgan fingerprint density at radius 1 is 1.32 bits per heavy atom. The fraction of sp³-hybridized carbons (Fsp3) is 0.353. The number of sulfonamides is 1. The van der Waals surface area contributed by atoms with Gasteiger partial charge in [-0.05, 0) is 25.0 Å². The highest BCUT2D eigenvalue weighted by molar-refractivity contribution is 14.1. The third kappa shape index (κ3) is 3.23. The second-order valence-electron chi connectivity index (χ2n) is 6.61. The minimum atomic E-state index is -3.91. The van der Waals surface area contributed by atoms with Gasteiger partial charge in [0.15, 0.2) is 10.8 Å². The van der Waals surface area contributed by atoms with Gasteiger partial charge < -0.3 is 4.90 Å². The number of anilines is 1. The molecule has 0 spiro atoms. The second kappa shape index (κ2) is 7.35. The molecule has 0 aliphatic carbocycles. The number of fused-ring (bicyclic) bond motifs is 1. The molecule has 0 unspecified atom stereocenters. The fourth-order valence-corrected chi connectivity index (χ4v) is 5.77. The van der Waals surface area contributed by atoms with Crippen LogP contribution in [0.25, 0.3) is 16.2 Å². The van der Waals surface area contributed by atoms with Crippen LogP contribution in [-0.2, 0) is 10.0 Å². The number of pyridine rings is 2. The van der Waals surface area contributed by atoms with E-state index in [1.165, 1.54) is 31.6 Å². The van der Waals surface area contributed by atoms with Crippen LogP contribution < -0.4 is 10.3 Å². The molecule has 1 aliphatic heterocycles. The van der Waals surface area contributed by atoms with Crippen LogP contribution in [0, 0.1) is 0 Å². The summed E-state index contributed by atoms with van der Waals surface area (Å²) >= 11 is 3.74. The van der Waals surface area contributed by atoms with Crippen molar-refractivity contribution >= 4 is 60.8 Å². The SMILES string of the molecule is CN(C)S(=O)(=O)c1cn(-c2nccs2)c2nc(N3CCC[C@H]3I)ccc2c1=O. The summed E-state index contributed by atoms with van der Waals surface area (Å²) in [5.74, 6) is 0.775. The molecule has 0 radical (unpaired) electrons. The number of rotatable bonds is 4. The molecule has 4 heterocycles. The summed E-state index contributed by atoms with van der Waals surface area (Å²) in [5, 5.41) is 2.60. The standard InChI is InChI=1S/C17H18IN5O3S2/c1-21(2)28(25,26)12-10-23(17-19-7-9-27-17)16-11(15(12)24)5-6-14(20-16)22-8-3-4-13(22)18/h5-7,9-10,13H,3-4,8H2,1-2H3/t13-/m0/s1. The largest absolute Gasteiger partial charge is 0.345 e. The predicted octanol–water partition coefficient (Wildman–Crippen LogP) is 2.45. The van der Waals surface area contributed by atoms with Crippen molar-refractivity contribution < 1.29 is 8.42 Å². The quantitative estimate of drug-likeness (QED) is 0.292. The van der Waals surface area contributed by atoms with Gasteiger partial charge in [0.05, 0.1) is 9.43 Å². The van der Waals surface area contributed by atoms with E-state index in [9.17, 15) is 13.2 Å². The van der Waals surface area contributed by atoms with Crippen molar-refractivity contribution in [3.8, 4) is 5.13 Å². The lowest BCUT2D eigenvalue weighted by atomic mass is 10.2. The highest BCUT2D eigenvalue weighted by Gasteiger charge is 2.27. The summed E-state index contributed by atoms with van der Waals surface area (Å²) in [6.45, 7) is 0.903. The zero-order chi connectivity index (χ0) is 20.1.